The van der Waals surface area contributed by atoms with E-state index < -0.39 is 11.9 Å². The van der Waals surface area contributed by atoms with Crippen molar-refractivity contribution in [1.29, 1.82) is 0 Å². The van der Waals surface area contributed by atoms with Crippen molar-refractivity contribution >= 4 is 11.9 Å². The first-order valence-electron chi connectivity index (χ1n) is 14.9. The molecule has 1 fully saturated rings. The Hall–Kier alpha value is -3.11. The number of ether oxygens (including phenoxy) is 2. The molecule has 0 aliphatic carbocycles. The van der Waals surface area contributed by atoms with Crippen molar-refractivity contribution in [3.8, 4) is 11.5 Å². The summed E-state index contributed by atoms with van der Waals surface area (Å²) in [5, 5.41) is 10.5. The Morgan fingerprint density at radius 3 is 2.56 bits per heavy atom. The van der Waals surface area contributed by atoms with Gasteiger partial charge in [-0.3, -0.25) is 14.5 Å². The topological polar surface area (TPSA) is 105 Å². The number of hydrogen-bond acceptors (Lipinski definition) is 7. The molecule has 0 saturated carbocycles. The van der Waals surface area contributed by atoms with E-state index in [1.165, 1.54) is 0 Å². The van der Waals surface area contributed by atoms with Crippen LogP contribution in [-0.2, 0) is 16.0 Å². The summed E-state index contributed by atoms with van der Waals surface area (Å²) in [6.45, 7) is 7.31. The Morgan fingerprint density at radius 2 is 1.88 bits per heavy atom. The number of aliphatic carboxylic acids is 1. The third-order valence-corrected chi connectivity index (χ3v) is 8.16. The predicted octanol–water partition coefficient (Wildman–Crippen LogP) is 3.93. The van der Waals surface area contributed by atoms with Gasteiger partial charge in [0.05, 0.1) is 46.3 Å². The van der Waals surface area contributed by atoms with E-state index in [-0.39, 0.29) is 31.2 Å². The zero-order chi connectivity index (χ0) is 29.6. The zero-order valence-corrected chi connectivity index (χ0v) is 25.3. The lowest BCUT2D eigenvalue weighted by Gasteiger charge is -2.30. The van der Waals surface area contributed by atoms with Gasteiger partial charge in [-0.25, -0.2) is 4.98 Å². The number of oxazole rings is 1. The quantitative estimate of drug-likeness (QED) is 0.253. The molecule has 0 bridgehead atoms. The molecular weight excluding hydrogens is 524 g/mol. The summed E-state index contributed by atoms with van der Waals surface area (Å²) in [7, 11) is 6.55. The summed E-state index contributed by atoms with van der Waals surface area (Å²) in [5.74, 6) is 0.837. The van der Waals surface area contributed by atoms with E-state index in [4.69, 9.17) is 13.9 Å². The summed E-state index contributed by atoms with van der Waals surface area (Å²) in [6.07, 6.45) is 6.68. The van der Waals surface area contributed by atoms with Crippen LogP contribution >= 0.6 is 0 Å². The molecule has 10 heteroatoms. The average Bonchev–Trinajstić information content (AvgIpc) is 3.64. The van der Waals surface area contributed by atoms with Gasteiger partial charge in [0.25, 0.3) is 0 Å². The number of hydrogen-bond donors (Lipinski definition) is 1. The van der Waals surface area contributed by atoms with Crippen molar-refractivity contribution in [2.45, 2.75) is 64.3 Å². The lowest BCUT2D eigenvalue weighted by Crippen LogP contribution is -2.45. The van der Waals surface area contributed by atoms with Crippen molar-refractivity contribution in [3.05, 3.63) is 41.6 Å². The van der Waals surface area contributed by atoms with Gasteiger partial charge >= 0.3 is 5.97 Å². The molecule has 2 aromatic rings. The van der Waals surface area contributed by atoms with Crippen molar-refractivity contribution in [1.82, 2.24) is 14.8 Å². The standard InChI is InChI=1S/C31H46N4O6/c1-6-7-14-33(15-8-9-16-35(3,4)5)29(36)20-34-19-24(23-10-12-26-27(17-23)40-21-39-26)30(31(37)38)25(34)11-13-28-32-18-22(2)41-28/h10,12,17-18,24-25,30H,6-9,11,13-16,19-21H2,1-5H3/p+1. The largest absolute Gasteiger partial charge is 0.481 e. The van der Waals surface area contributed by atoms with Crippen LogP contribution in [0.2, 0.25) is 0 Å². The van der Waals surface area contributed by atoms with Crippen LogP contribution in [0.1, 0.15) is 62.2 Å². The summed E-state index contributed by atoms with van der Waals surface area (Å²) in [5.41, 5.74) is 0.886. The molecule has 1 saturated heterocycles. The average molecular weight is 572 g/mol. The van der Waals surface area contributed by atoms with Gasteiger partial charge < -0.3 is 28.4 Å². The number of likely N-dealkylation sites (tertiary alicyclic amines) is 1. The number of benzene rings is 1. The number of nitrogens with zero attached hydrogens (tertiary/aromatic N) is 4. The van der Waals surface area contributed by atoms with Crippen LogP contribution in [0.5, 0.6) is 11.5 Å². The fourth-order valence-corrected chi connectivity index (χ4v) is 6.00. The SMILES string of the molecule is CCCCN(CCCC[N+](C)(C)C)C(=O)CN1CC(c2ccc3c(c2)OCO3)C(C(=O)O)C1CCc1ncc(C)o1. The minimum Gasteiger partial charge on any atom is -0.481 e. The highest BCUT2D eigenvalue weighted by Gasteiger charge is 2.47. The summed E-state index contributed by atoms with van der Waals surface area (Å²) in [6, 6.07) is 5.32. The van der Waals surface area contributed by atoms with E-state index in [0.717, 1.165) is 61.1 Å². The van der Waals surface area contributed by atoms with Crippen LogP contribution in [0, 0.1) is 12.8 Å². The number of unbranched alkanes of at least 4 members (excludes halogenated alkanes) is 2. The van der Waals surface area contributed by atoms with Crippen LogP contribution in [0.25, 0.3) is 0 Å². The number of fused-ring (bicyclic) bond motifs is 1. The van der Waals surface area contributed by atoms with Gasteiger partial charge in [0.15, 0.2) is 17.4 Å². The molecule has 4 rings (SSSR count). The van der Waals surface area contributed by atoms with Gasteiger partial charge in [0.1, 0.15) is 5.76 Å². The minimum atomic E-state index is -0.862. The monoisotopic (exact) mass is 571 g/mol. The second-order valence-corrected chi connectivity index (χ2v) is 12.4. The third-order valence-electron chi connectivity index (χ3n) is 8.16. The second kappa shape index (κ2) is 13.7. The molecule has 2 aliphatic heterocycles. The number of quaternary nitrogens is 1. The number of carboxylic acids is 1. The number of aromatic nitrogens is 1. The van der Waals surface area contributed by atoms with Crippen LogP contribution in [0.4, 0.5) is 0 Å². The highest BCUT2D eigenvalue weighted by Crippen LogP contribution is 2.43. The molecule has 3 heterocycles. The number of carbonyl (C=O) groups is 2. The van der Waals surface area contributed by atoms with Gasteiger partial charge in [-0.15, -0.1) is 0 Å². The molecule has 226 valence electrons. The Kier molecular flexibility index (Phi) is 10.3. The van der Waals surface area contributed by atoms with E-state index in [1.807, 2.05) is 30.0 Å². The highest BCUT2D eigenvalue weighted by molar-refractivity contribution is 5.79. The Balaban J connectivity index is 1.53. The van der Waals surface area contributed by atoms with Crippen LogP contribution in [-0.4, -0.2) is 103 Å². The number of aryl methyl sites for hydroxylation is 2. The summed E-state index contributed by atoms with van der Waals surface area (Å²) >= 11 is 0. The van der Waals surface area contributed by atoms with Crippen molar-refractivity contribution in [2.24, 2.45) is 5.92 Å². The Bertz CT molecular complexity index is 1180. The molecule has 1 aromatic carbocycles. The number of carbonyl (C=O) groups excluding carboxylic acids is 1. The summed E-state index contributed by atoms with van der Waals surface area (Å²) in [4.78, 5) is 34.9. The number of carboxylic acid groups (broad SMARTS) is 1. The zero-order valence-electron chi connectivity index (χ0n) is 25.3. The first kappa shape index (κ1) is 30.8. The molecule has 0 radical (unpaired) electrons. The van der Waals surface area contributed by atoms with Crippen LogP contribution < -0.4 is 9.47 Å². The maximum absolute atomic E-state index is 13.8. The fraction of sp³-hybridized carbons (Fsp3) is 0.645. The van der Waals surface area contributed by atoms with Crippen molar-refractivity contribution in [2.75, 3.05) is 60.7 Å². The first-order valence-corrected chi connectivity index (χ1v) is 14.9. The van der Waals surface area contributed by atoms with Gasteiger partial charge in [-0.2, -0.15) is 0 Å². The van der Waals surface area contributed by atoms with Gasteiger partial charge in [-0.05, 0) is 50.3 Å². The summed E-state index contributed by atoms with van der Waals surface area (Å²) < 4.78 is 17.7. The van der Waals surface area contributed by atoms with E-state index >= 15 is 0 Å². The number of amides is 1. The lowest BCUT2D eigenvalue weighted by atomic mass is 9.83. The van der Waals surface area contributed by atoms with Gasteiger partial charge in [0, 0.05) is 38.0 Å². The minimum absolute atomic E-state index is 0.0659. The smallest absolute Gasteiger partial charge is 0.308 e. The van der Waals surface area contributed by atoms with Crippen LogP contribution in [0.15, 0.2) is 28.8 Å². The predicted molar refractivity (Wildman–Crippen MR) is 155 cm³/mol. The normalized spacial score (nSPS) is 20.5. The van der Waals surface area contributed by atoms with Gasteiger partial charge in [0.2, 0.25) is 12.7 Å². The number of rotatable bonds is 15. The van der Waals surface area contributed by atoms with E-state index in [2.05, 4.69) is 38.0 Å². The third kappa shape index (κ3) is 8.23. The maximum Gasteiger partial charge on any atom is 0.308 e. The first-order chi connectivity index (χ1) is 19.6. The van der Waals surface area contributed by atoms with Crippen LogP contribution in [0.3, 0.4) is 0 Å². The van der Waals surface area contributed by atoms with Crippen molar-refractivity contribution in [3.63, 3.8) is 0 Å². The second-order valence-electron chi connectivity index (χ2n) is 12.4. The molecule has 1 N–H and O–H groups in total. The molecular formula is C31H47N4O6+. The van der Waals surface area contributed by atoms with E-state index in [9.17, 15) is 14.7 Å². The lowest BCUT2D eigenvalue weighted by molar-refractivity contribution is -0.870. The van der Waals surface area contributed by atoms with Crippen molar-refractivity contribution < 1.29 is 33.1 Å². The molecule has 1 amide bonds. The fourth-order valence-electron chi connectivity index (χ4n) is 6.00. The molecule has 41 heavy (non-hydrogen) atoms. The molecule has 0 spiro atoms. The maximum atomic E-state index is 13.8. The van der Waals surface area contributed by atoms with E-state index in [0.29, 0.717) is 36.8 Å². The highest BCUT2D eigenvalue weighted by atomic mass is 16.7. The Morgan fingerprint density at radius 1 is 1.12 bits per heavy atom. The van der Waals surface area contributed by atoms with E-state index in [1.54, 1.807) is 6.20 Å². The Labute approximate surface area is 243 Å². The molecule has 10 nitrogen and oxygen atoms in total. The molecule has 3 unspecified atom stereocenters. The molecule has 3 atom stereocenters. The molecule has 2 aliphatic rings. The molecule has 1 aromatic heterocycles. The van der Waals surface area contributed by atoms with Gasteiger partial charge in [-0.1, -0.05) is 19.4 Å².